The minimum absolute atomic E-state index is 0.252. The zero-order valence-corrected chi connectivity index (χ0v) is 17.5. The van der Waals surface area contributed by atoms with Gasteiger partial charge in [0.25, 0.3) is 5.91 Å². The maximum Gasteiger partial charge on any atom is 0.271 e. The fourth-order valence-electron chi connectivity index (χ4n) is 3.54. The van der Waals surface area contributed by atoms with Crippen molar-refractivity contribution in [3.63, 3.8) is 0 Å². The van der Waals surface area contributed by atoms with Crippen LogP contribution in [0.1, 0.15) is 40.0 Å². The molecular weight excluding hydrogens is 394 g/mol. The van der Waals surface area contributed by atoms with Gasteiger partial charge in [0, 0.05) is 50.3 Å². The number of hydrogen-bond donors (Lipinski definition) is 3. The Kier molecular flexibility index (Phi) is 6.54. The van der Waals surface area contributed by atoms with E-state index in [0.29, 0.717) is 36.6 Å². The van der Waals surface area contributed by atoms with E-state index < -0.39 is 0 Å². The largest absolute Gasteiger partial charge is 0.381 e. The van der Waals surface area contributed by atoms with Gasteiger partial charge in [-0.25, -0.2) is 9.97 Å². The highest BCUT2D eigenvalue weighted by molar-refractivity contribution is 5.92. The molecule has 9 nitrogen and oxygen atoms in total. The molecule has 0 radical (unpaired) electrons. The first-order valence-electron chi connectivity index (χ1n) is 10.4. The summed E-state index contributed by atoms with van der Waals surface area (Å²) in [7, 11) is 0. The molecule has 0 bridgehead atoms. The zero-order valence-electron chi connectivity index (χ0n) is 17.5. The molecule has 2 aromatic heterocycles. The molecule has 4 N–H and O–H groups in total. The molecule has 0 aliphatic carbocycles. The number of hydrogen-bond acceptors (Lipinski definition) is 7. The number of anilines is 1. The van der Waals surface area contributed by atoms with Gasteiger partial charge >= 0.3 is 0 Å². The van der Waals surface area contributed by atoms with Crippen molar-refractivity contribution >= 4 is 11.9 Å². The number of carbonyl (C=O) groups excluding carboxylic acids is 1. The molecule has 0 unspecified atom stereocenters. The van der Waals surface area contributed by atoms with Crippen LogP contribution in [0.15, 0.2) is 43.0 Å². The molecule has 1 amide bonds. The number of nitrogens with zero attached hydrogens (tertiary/aromatic N) is 4. The van der Waals surface area contributed by atoms with Crippen LogP contribution in [-0.4, -0.2) is 44.7 Å². The average molecular weight is 422 g/mol. The van der Waals surface area contributed by atoms with Crippen molar-refractivity contribution in [2.75, 3.05) is 18.5 Å². The first-order valence-corrected chi connectivity index (χ1v) is 10.4. The lowest BCUT2D eigenvalue weighted by molar-refractivity contribution is 0.0903. The molecule has 1 aliphatic rings. The van der Waals surface area contributed by atoms with Crippen molar-refractivity contribution in [3.05, 3.63) is 65.4 Å². The molecule has 162 valence electrons. The van der Waals surface area contributed by atoms with Crippen LogP contribution in [0.3, 0.4) is 0 Å². The Morgan fingerprint density at radius 3 is 2.77 bits per heavy atom. The number of benzene rings is 1. The Labute approximate surface area is 181 Å². The number of imidazole rings is 1. The summed E-state index contributed by atoms with van der Waals surface area (Å²) in [4.78, 5) is 25.9. The molecule has 0 spiro atoms. The topological polar surface area (TPSA) is 120 Å². The van der Waals surface area contributed by atoms with Gasteiger partial charge in [0.1, 0.15) is 17.8 Å². The number of carbonyl (C=O) groups is 1. The molecule has 1 aromatic carbocycles. The van der Waals surface area contributed by atoms with Crippen LogP contribution in [0, 0.1) is 6.92 Å². The zero-order chi connectivity index (χ0) is 21.6. The molecule has 9 heteroatoms. The second-order valence-corrected chi connectivity index (χ2v) is 7.55. The summed E-state index contributed by atoms with van der Waals surface area (Å²) in [6.07, 6.45) is 6.89. The standard InChI is InChI=1S/C22H27N7O2/c1-15-11-25-22(27-18-6-8-31-9-7-18)28-20(15)29-13-19(26-14-29)21(30)24-12-17-5-3-2-4-16(17)10-23/h2-5,11,13-14,18H,6-10,12,23H2,1H3,(H,24,30)(H,25,27,28). The lowest BCUT2D eigenvalue weighted by Crippen LogP contribution is -2.28. The quantitative estimate of drug-likeness (QED) is 0.533. The summed E-state index contributed by atoms with van der Waals surface area (Å²) < 4.78 is 7.14. The molecule has 1 saturated heterocycles. The lowest BCUT2D eigenvalue weighted by atomic mass is 10.1. The van der Waals surface area contributed by atoms with Crippen LogP contribution in [0.2, 0.25) is 0 Å². The van der Waals surface area contributed by atoms with E-state index in [0.717, 1.165) is 42.7 Å². The molecule has 0 saturated carbocycles. The molecule has 0 atom stereocenters. The molecule has 1 aliphatic heterocycles. The van der Waals surface area contributed by atoms with Crippen LogP contribution in [-0.2, 0) is 17.8 Å². The SMILES string of the molecule is Cc1cnc(NC2CCOCC2)nc1-n1cnc(C(=O)NCc2ccccc2CN)c1. The minimum atomic E-state index is -0.252. The van der Waals surface area contributed by atoms with Gasteiger partial charge < -0.3 is 21.1 Å². The summed E-state index contributed by atoms with van der Waals surface area (Å²) in [6, 6.07) is 8.08. The molecule has 3 aromatic rings. The highest BCUT2D eigenvalue weighted by atomic mass is 16.5. The van der Waals surface area contributed by atoms with E-state index in [9.17, 15) is 4.79 Å². The Morgan fingerprint density at radius 1 is 1.23 bits per heavy atom. The van der Waals surface area contributed by atoms with Crippen LogP contribution < -0.4 is 16.4 Å². The highest BCUT2D eigenvalue weighted by Crippen LogP contribution is 2.16. The predicted molar refractivity (Wildman–Crippen MR) is 117 cm³/mol. The van der Waals surface area contributed by atoms with Gasteiger partial charge in [-0.3, -0.25) is 9.36 Å². The summed E-state index contributed by atoms with van der Waals surface area (Å²) in [6.45, 7) is 4.23. The van der Waals surface area contributed by atoms with E-state index >= 15 is 0 Å². The van der Waals surface area contributed by atoms with Gasteiger partial charge in [-0.2, -0.15) is 4.98 Å². The Morgan fingerprint density at radius 2 is 2.00 bits per heavy atom. The monoisotopic (exact) mass is 421 g/mol. The lowest BCUT2D eigenvalue weighted by Gasteiger charge is -2.23. The fourth-order valence-corrected chi connectivity index (χ4v) is 3.54. The number of amides is 1. The molecule has 3 heterocycles. The number of aryl methyl sites for hydroxylation is 1. The maximum atomic E-state index is 12.6. The van der Waals surface area contributed by atoms with Crippen LogP contribution >= 0.6 is 0 Å². The Hall–Kier alpha value is -3.30. The van der Waals surface area contributed by atoms with E-state index in [-0.39, 0.29) is 5.91 Å². The molecule has 1 fully saturated rings. The predicted octanol–water partition coefficient (Wildman–Crippen LogP) is 1.95. The van der Waals surface area contributed by atoms with E-state index in [2.05, 4.69) is 25.6 Å². The first kappa shape index (κ1) is 21.0. The highest BCUT2D eigenvalue weighted by Gasteiger charge is 2.16. The van der Waals surface area contributed by atoms with Gasteiger partial charge in [0.05, 0.1) is 0 Å². The van der Waals surface area contributed by atoms with E-state index in [1.165, 1.54) is 0 Å². The Bertz CT molecular complexity index is 1040. The van der Waals surface area contributed by atoms with Crippen molar-refractivity contribution in [1.82, 2.24) is 24.8 Å². The number of ether oxygens (including phenoxy) is 1. The maximum absolute atomic E-state index is 12.6. The average Bonchev–Trinajstić information content (AvgIpc) is 3.30. The second kappa shape index (κ2) is 9.67. The van der Waals surface area contributed by atoms with Gasteiger partial charge in [-0.15, -0.1) is 0 Å². The van der Waals surface area contributed by atoms with Gasteiger partial charge in [0.15, 0.2) is 0 Å². The van der Waals surface area contributed by atoms with Gasteiger partial charge in [-0.1, -0.05) is 24.3 Å². The summed E-state index contributed by atoms with van der Waals surface area (Å²) in [5.41, 5.74) is 8.98. The summed E-state index contributed by atoms with van der Waals surface area (Å²) in [5.74, 6) is 0.994. The number of nitrogens with one attached hydrogen (secondary N) is 2. The second-order valence-electron chi connectivity index (χ2n) is 7.55. The van der Waals surface area contributed by atoms with Crippen molar-refractivity contribution in [2.24, 2.45) is 5.73 Å². The van der Waals surface area contributed by atoms with Crippen molar-refractivity contribution < 1.29 is 9.53 Å². The van der Waals surface area contributed by atoms with Crippen LogP contribution in [0.5, 0.6) is 0 Å². The van der Waals surface area contributed by atoms with Crippen molar-refractivity contribution in [3.8, 4) is 5.82 Å². The fraction of sp³-hybridized carbons (Fsp3) is 0.364. The number of aromatic nitrogens is 4. The normalized spacial score (nSPS) is 14.4. The third kappa shape index (κ3) is 5.07. The first-order chi connectivity index (χ1) is 15.1. The van der Waals surface area contributed by atoms with Crippen molar-refractivity contribution in [1.29, 1.82) is 0 Å². The van der Waals surface area contributed by atoms with E-state index in [4.69, 9.17) is 10.5 Å². The third-order valence-electron chi connectivity index (χ3n) is 5.34. The van der Waals surface area contributed by atoms with Crippen molar-refractivity contribution in [2.45, 2.75) is 38.9 Å². The summed E-state index contributed by atoms with van der Waals surface area (Å²) in [5, 5.41) is 6.28. The van der Waals surface area contributed by atoms with Crippen LogP contribution in [0.4, 0.5) is 5.95 Å². The molecule has 4 rings (SSSR count). The van der Waals surface area contributed by atoms with Gasteiger partial charge in [0.2, 0.25) is 5.95 Å². The third-order valence-corrected chi connectivity index (χ3v) is 5.34. The number of nitrogens with two attached hydrogens (primary N) is 1. The van der Waals surface area contributed by atoms with Gasteiger partial charge in [-0.05, 0) is 30.9 Å². The number of rotatable bonds is 7. The molecule has 31 heavy (non-hydrogen) atoms. The van der Waals surface area contributed by atoms with E-state index in [1.54, 1.807) is 23.3 Å². The van der Waals surface area contributed by atoms with Crippen LogP contribution in [0.25, 0.3) is 5.82 Å². The molecular formula is C22H27N7O2. The van der Waals surface area contributed by atoms with E-state index in [1.807, 2.05) is 31.2 Å². The minimum Gasteiger partial charge on any atom is -0.381 e. The smallest absolute Gasteiger partial charge is 0.271 e. The Balaban J connectivity index is 1.45. The summed E-state index contributed by atoms with van der Waals surface area (Å²) >= 11 is 0.